The minimum atomic E-state index is -1.09. The molecular formula is C15H13BrN2O2S. The number of aliphatic hydroxyl groups is 1. The summed E-state index contributed by atoms with van der Waals surface area (Å²) in [5.74, 6) is -0.386. The number of carbonyl (C=O) groups is 1. The van der Waals surface area contributed by atoms with E-state index < -0.39 is 6.10 Å². The van der Waals surface area contributed by atoms with E-state index >= 15 is 0 Å². The molecule has 0 saturated heterocycles. The van der Waals surface area contributed by atoms with E-state index in [4.69, 9.17) is 0 Å². The molecule has 0 fully saturated rings. The Morgan fingerprint density at radius 3 is 2.76 bits per heavy atom. The van der Waals surface area contributed by atoms with Crippen LogP contribution in [-0.2, 0) is 4.79 Å². The zero-order valence-corrected chi connectivity index (χ0v) is 13.9. The molecular weight excluding hydrogens is 352 g/mol. The van der Waals surface area contributed by atoms with Gasteiger partial charge in [0, 0.05) is 26.3 Å². The van der Waals surface area contributed by atoms with Crippen LogP contribution in [0.5, 0.6) is 0 Å². The van der Waals surface area contributed by atoms with Crippen molar-refractivity contribution in [2.45, 2.75) is 29.9 Å². The molecule has 1 aliphatic heterocycles. The van der Waals surface area contributed by atoms with Gasteiger partial charge in [-0.05, 0) is 59.6 Å². The van der Waals surface area contributed by atoms with E-state index in [0.29, 0.717) is 11.3 Å². The van der Waals surface area contributed by atoms with Crippen molar-refractivity contribution >= 4 is 39.3 Å². The van der Waals surface area contributed by atoms with Gasteiger partial charge in [-0.25, -0.2) is 4.98 Å². The average Bonchev–Trinajstić information content (AvgIpc) is 2.65. The SMILES string of the molecule is Cc1cc(C)nc(Sc2cc3c(cc2Br)C(O)C(=O)N3)c1. The van der Waals surface area contributed by atoms with Gasteiger partial charge < -0.3 is 10.4 Å². The second kappa shape index (κ2) is 5.44. The highest BCUT2D eigenvalue weighted by Gasteiger charge is 2.29. The molecule has 108 valence electrons. The maximum Gasteiger partial charge on any atom is 0.257 e. The molecule has 0 saturated carbocycles. The summed E-state index contributed by atoms with van der Waals surface area (Å²) in [5.41, 5.74) is 3.39. The molecule has 1 unspecified atom stereocenters. The lowest BCUT2D eigenvalue weighted by Crippen LogP contribution is -2.10. The molecule has 2 heterocycles. The number of rotatable bonds is 2. The molecule has 6 heteroatoms. The van der Waals surface area contributed by atoms with Crippen molar-refractivity contribution in [2.24, 2.45) is 0 Å². The van der Waals surface area contributed by atoms with Gasteiger partial charge in [0.1, 0.15) is 5.03 Å². The Morgan fingerprint density at radius 1 is 1.29 bits per heavy atom. The number of carbonyl (C=O) groups excluding carboxylic acids is 1. The lowest BCUT2D eigenvalue weighted by molar-refractivity contribution is -0.123. The summed E-state index contributed by atoms with van der Waals surface area (Å²) in [6, 6.07) is 7.68. The van der Waals surface area contributed by atoms with Gasteiger partial charge in [0.2, 0.25) is 0 Å². The van der Waals surface area contributed by atoms with E-state index in [-0.39, 0.29) is 5.91 Å². The summed E-state index contributed by atoms with van der Waals surface area (Å²) in [4.78, 5) is 16.9. The average molecular weight is 365 g/mol. The van der Waals surface area contributed by atoms with E-state index in [1.807, 2.05) is 32.0 Å². The molecule has 0 bridgehead atoms. The van der Waals surface area contributed by atoms with Crippen LogP contribution in [0.2, 0.25) is 0 Å². The van der Waals surface area contributed by atoms with Crippen molar-refractivity contribution in [3.05, 3.63) is 45.6 Å². The van der Waals surface area contributed by atoms with Crippen LogP contribution in [0.15, 0.2) is 38.7 Å². The summed E-state index contributed by atoms with van der Waals surface area (Å²) in [5, 5.41) is 13.4. The quantitative estimate of drug-likeness (QED) is 0.854. The highest BCUT2D eigenvalue weighted by molar-refractivity contribution is 9.10. The first kappa shape index (κ1) is 14.6. The predicted octanol–water partition coefficient (Wildman–Crippen LogP) is 3.60. The van der Waals surface area contributed by atoms with Crippen molar-refractivity contribution in [3.8, 4) is 0 Å². The van der Waals surface area contributed by atoms with Crippen molar-refractivity contribution < 1.29 is 9.90 Å². The molecule has 0 aliphatic carbocycles. The highest BCUT2D eigenvalue weighted by Crippen LogP contribution is 2.40. The fourth-order valence-corrected chi connectivity index (χ4v) is 3.89. The number of halogens is 1. The van der Waals surface area contributed by atoms with Gasteiger partial charge in [-0.3, -0.25) is 4.79 Å². The standard InChI is InChI=1S/C15H13BrN2O2S/c1-7-3-8(2)17-13(4-7)21-12-6-11-9(5-10(12)16)14(19)15(20)18-11/h3-6,14,19H,1-2H3,(H,18,20). The van der Waals surface area contributed by atoms with Gasteiger partial charge in [0.05, 0.1) is 0 Å². The molecule has 1 atom stereocenters. The van der Waals surface area contributed by atoms with Crippen LogP contribution in [0.25, 0.3) is 0 Å². The zero-order valence-electron chi connectivity index (χ0n) is 11.5. The van der Waals surface area contributed by atoms with Crippen LogP contribution in [0.4, 0.5) is 5.69 Å². The van der Waals surface area contributed by atoms with Gasteiger partial charge >= 0.3 is 0 Å². The second-order valence-electron chi connectivity index (χ2n) is 4.99. The molecule has 3 rings (SSSR count). The minimum absolute atomic E-state index is 0.386. The summed E-state index contributed by atoms with van der Waals surface area (Å²) in [7, 11) is 0. The molecule has 0 radical (unpaired) electrons. The topological polar surface area (TPSA) is 62.2 Å². The summed E-state index contributed by atoms with van der Waals surface area (Å²) in [6.07, 6.45) is -1.09. The van der Waals surface area contributed by atoms with Crippen molar-refractivity contribution in [3.63, 3.8) is 0 Å². The number of hydrogen-bond donors (Lipinski definition) is 2. The Labute approximate surface area is 135 Å². The number of hydrogen-bond acceptors (Lipinski definition) is 4. The number of aromatic nitrogens is 1. The van der Waals surface area contributed by atoms with Crippen LogP contribution in [-0.4, -0.2) is 16.0 Å². The van der Waals surface area contributed by atoms with Crippen molar-refractivity contribution in [1.82, 2.24) is 4.98 Å². The normalized spacial score (nSPS) is 16.8. The number of pyridine rings is 1. The summed E-state index contributed by atoms with van der Waals surface area (Å²) >= 11 is 5.01. The summed E-state index contributed by atoms with van der Waals surface area (Å²) in [6.45, 7) is 4.00. The first-order chi connectivity index (χ1) is 9.94. The minimum Gasteiger partial charge on any atom is -0.378 e. The van der Waals surface area contributed by atoms with Gasteiger partial charge in [0.25, 0.3) is 5.91 Å². The number of aryl methyl sites for hydroxylation is 2. The monoisotopic (exact) mass is 364 g/mol. The Hall–Kier alpha value is -1.37. The molecule has 1 aliphatic rings. The number of nitrogens with one attached hydrogen (secondary N) is 1. The fourth-order valence-electron chi connectivity index (χ4n) is 2.29. The third kappa shape index (κ3) is 2.84. The number of benzene rings is 1. The fraction of sp³-hybridized carbons (Fsp3) is 0.200. The molecule has 2 aromatic rings. The lowest BCUT2D eigenvalue weighted by atomic mass is 10.1. The first-order valence-electron chi connectivity index (χ1n) is 6.39. The number of nitrogens with zero attached hydrogens (tertiary/aromatic N) is 1. The lowest BCUT2D eigenvalue weighted by Gasteiger charge is -2.09. The Kier molecular flexibility index (Phi) is 3.77. The highest BCUT2D eigenvalue weighted by atomic mass is 79.9. The van der Waals surface area contributed by atoms with E-state index in [0.717, 1.165) is 25.7 Å². The van der Waals surface area contributed by atoms with E-state index in [1.54, 1.807) is 6.07 Å². The van der Waals surface area contributed by atoms with Crippen LogP contribution >= 0.6 is 27.7 Å². The van der Waals surface area contributed by atoms with E-state index in [2.05, 4.69) is 26.2 Å². The molecule has 1 amide bonds. The maximum atomic E-state index is 11.5. The second-order valence-corrected chi connectivity index (χ2v) is 6.90. The molecule has 21 heavy (non-hydrogen) atoms. The van der Waals surface area contributed by atoms with Crippen molar-refractivity contribution in [2.75, 3.05) is 5.32 Å². The molecule has 1 aromatic heterocycles. The number of aliphatic hydroxyl groups excluding tert-OH is 1. The molecule has 1 aromatic carbocycles. The van der Waals surface area contributed by atoms with E-state index in [9.17, 15) is 9.90 Å². The third-order valence-corrected chi connectivity index (χ3v) is 5.09. The van der Waals surface area contributed by atoms with Gasteiger partial charge in [-0.15, -0.1) is 0 Å². The summed E-state index contributed by atoms with van der Waals surface area (Å²) < 4.78 is 0.836. The van der Waals surface area contributed by atoms with Crippen LogP contribution in [0, 0.1) is 13.8 Å². The third-order valence-electron chi connectivity index (χ3n) is 3.19. The zero-order chi connectivity index (χ0) is 15.1. The first-order valence-corrected chi connectivity index (χ1v) is 8.00. The predicted molar refractivity (Wildman–Crippen MR) is 85.6 cm³/mol. The van der Waals surface area contributed by atoms with Crippen LogP contribution < -0.4 is 5.32 Å². The number of fused-ring (bicyclic) bond motifs is 1. The van der Waals surface area contributed by atoms with Gasteiger partial charge in [-0.1, -0.05) is 11.8 Å². The number of amides is 1. The van der Waals surface area contributed by atoms with Crippen LogP contribution in [0.1, 0.15) is 22.9 Å². The molecule has 4 nitrogen and oxygen atoms in total. The number of anilines is 1. The Morgan fingerprint density at radius 2 is 2.05 bits per heavy atom. The smallest absolute Gasteiger partial charge is 0.257 e. The van der Waals surface area contributed by atoms with Crippen LogP contribution in [0.3, 0.4) is 0 Å². The van der Waals surface area contributed by atoms with Gasteiger partial charge in [0.15, 0.2) is 6.10 Å². The Bertz CT molecular complexity index is 728. The molecule has 2 N–H and O–H groups in total. The van der Waals surface area contributed by atoms with Gasteiger partial charge in [-0.2, -0.15) is 0 Å². The molecule has 0 spiro atoms. The Balaban J connectivity index is 1.97. The van der Waals surface area contributed by atoms with Crippen molar-refractivity contribution in [1.29, 1.82) is 0 Å². The maximum absolute atomic E-state index is 11.5. The van der Waals surface area contributed by atoms with E-state index in [1.165, 1.54) is 11.8 Å². The largest absolute Gasteiger partial charge is 0.378 e.